The van der Waals surface area contributed by atoms with Gasteiger partial charge in [0.25, 0.3) is 0 Å². The molecule has 1 atom stereocenters. The van der Waals surface area contributed by atoms with Crippen LogP contribution in [0.4, 0.5) is 5.69 Å². The second-order valence-corrected chi connectivity index (χ2v) is 5.84. The van der Waals surface area contributed by atoms with Crippen molar-refractivity contribution in [3.8, 4) is 0 Å². The highest BCUT2D eigenvalue weighted by Crippen LogP contribution is 2.25. The molecule has 2 heterocycles. The van der Waals surface area contributed by atoms with Gasteiger partial charge >= 0.3 is 0 Å². The number of benzene rings is 1. The van der Waals surface area contributed by atoms with Gasteiger partial charge in [-0.3, -0.25) is 4.90 Å². The SMILES string of the molecule is NCCc1ccc(N2CCN3CCCCC3C2)cc1. The number of piperidine rings is 1. The first-order chi connectivity index (χ1) is 9.36. The van der Waals surface area contributed by atoms with Gasteiger partial charge in [0.05, 0.1) is 0 Å². The molecule has 0 aromatic heterocycles. The van der Waals surface area contributed by atoms with Gasteiger partial charge in [0.15, 0.2) is 0 Å². The third-order valence-corrected chi connectivity index (χ3v) is 4.57. The van der Waals surface area contributed by atoms with Crippen LogP contribution in [0.1, 0.15) is 24.8 Å². The van der Waals surface area contributed by atoms with Crippen molar-refractivity contribution in [1.29, 1.82) is 0 Å². The Morgan fingerprint density at radius 2 is 1.89 bits per heavy atom. The molecule has 3 heteroatoms. The maximum absolute atomic E-state index is 5.60. The van der Waals surface area contributed by atoms with Crippen LogP contribution in [0.15, 0.2) is 24.3 Å². The second kappa shape index (κ2) is 5.93. The first-order valence-electron chi connectivity index (χ1n) is 7.65. The molecule has 0 amide bonds. The van der Waals surface area contributed by atoms with Crippen molar-refractivity contribution >= 4 is 5.69 Å². The van der Waals surface area contributed by atoms with Crippen molar-refractivity contribution in [2.45, 2.75) is 31.7 Å². The molecule has 19 heavy (non-hydrogen) atoms. The standard InChI is InChI=1S/C16H25N3/c17-9-8-14-4-6-15(7-5-14)19-12-11-18-10-2-1-3-16(18)13-19/h4-7,16H,1-3,8-13,17H2. The lowest BCUT2D eigenvalue weighted by atomic mass is 9.99. The molecule has 1 unspecified atom stereocenters. The number of fused-ring (bicyclic) bond motifs is 1. The maximum Gasteiger partial charge on any atom is 0.0367 e. The van der Waals surface area contributed by atoms with Crippen LogP contribution >= 0.6 is 0 Å². The lowest BCUT2D eigenvalue weighted by molar-refractivity contribution is 0.133. The molecule has 0 aliphatic carbocycles. The predicted octanol–water partition coefficient (Wildman–Crippen LogP) is 1.86. The predicted molar refractivity (Wildman–Crippen MR) is 80.6 cm³/mol. The van der Waals surface area contributed by atoms with Crippen LogP contribution < -0.4 is 10.6 Å². The van der Waals surface area contributed by atoms with Gasteiger partial charge in [-0.1, -0.05) is 18.6 Å². The van der Waals surface area contributed by atoms with Gasteiger partial charge in [-0.05, 0) is 50.0 Å². The molecule has 2 saturated heterocycles. The van der Waals surface area contributed by atoms with Crippen LogP contribution in [0.3, 0.4) is 0 Å². The summed E-state index contributed by atoms with van der Waals surface area (Å²) in [5.41, 5.74) is 8.33. The molecule has 1 aromatic rings. The quantitative estimate of drug-likeness (QED) is 0.899. The van der Waals surface area contributed by atoms with Gasteiger partial charge in [0, 0.05) is 31.4 Å². The van der Waals surface area contributed by atoms with Gasteiger partial charge < -0.3 is 10.6 Å². The lowest BCUT2D eigenvalue weighted by Crippen LogP contribution is -2.54. The van der Waals surface area contributed by atoms with E-state index >= 15 is 0 Å². The van der Waals surface area contributed by atoms with Crippen LogP contribution in [-0.2, 0) is 6.42 Å². The monoisotopic (exact) mass is 259 g/mol. The van der Waals surface area contributed by atoms with E-state index in [2.05, 4.69) is 34.1 Å². The number of piperazine rings is 1. The topological polar surface area (TPSA) is 32.5 Å². The molecule has 2 aliphatic rings. The number of nitrogens with two attached hydrogens (primary N) is 1. The summed E-state index contributed by atoms with van der Waals surface area (Å²) in [6, 6.07) is 9.78. The number of hydrogen-bond acceptors (Lipinski definition) is 3. The number of anilines is 1. The Kier molecular flexibility index (Phi) is 4.04. The van der Waals surface area contributed by atoms with Crippen molar-refractivity contribution in [3.05, 3.63) is 29.8 Å². The van der Waals surface area contributed by atoms with E-state index in [0.717, 1.165) is 19.0 Å². The van der Waals surface area contributed by atoms with E-state index in [-0.39, 0.29) is 0 Å². The van der Waals surface area contributed by atoms with E-state index in [4.69, 9.17) is 5.73 Å². The molecule has 3 rings (SSSR count). The summed E-state index contributed by atoms with van der Waals surface area (Å²) in [6.07, 6.45) is 5.16. The minimum Gasteiger partial charge on any atom is -0.369 e. The van der Waals surface area contributed by atoms with Gasteiger partial charge in [-0.2, -0.15) is 0 Å². The van der Waals surface area contributed by atoms with Crippen molar-refractivity contribution < 1.29 is 0 Å². The van der Waals surface area contributed by atoms with Crippen molar-refractivity contribution in [1.82, 2.24) is 4.90 Å². The molecule has 0 bridgehead atoms. The molecule has 3 nitrogen and oxygen atoms in total. The Hall–Kier alpha value is -1.06. The average molecular weight is 259 g/mol. The fourth-order valence-corrected chi connectivity index (χ4v) is 3.43. The molecule has 104 valence electrons. The van der Waals surface area contributed by atoms with Crippen LogP contribution in [0.25, 0.3) is 0 Å². The van der Waals surface area contributed by atoms with Crippen LogP contribution in [0, 0.1) is 0 Å². The summed E-state index contributed by atoms with van der Waals surface area (Å²) in [6.45, 7) is 5.66. The number of hydrogen-bond donors (Lipinski definition) is 1. The Morgan fingerprint density at radius 1 is 1.05 bits per heavy atom. The summed E-state index contributed by atoms with van der Waals surface area (Å²) in [5, 5.41) is 0. The van der Waals surface area contributed by atoms with Gasteiger partial charge in [0.2, 0.25) is 0 Å². The second-order valence-electron chi connectivity index (χ2n) is 5.84. The Morgan fingerprint density at radius 3 is 2.68 bits per heavy atom. The van der Waals surface area contributed by atoms with Crippen molar-refractivity contribution in [2.75, 3.05) is 37.6 Å². The summed E-state index contributed by atoms with van der Waals surface area (Å²) in [4.78, 5) is 5.24. The molecule has 0 saturated carbocycles. The summed E-state index contributed by atoms with van der Waals surface area (Å²) >= 11 is 0. The first-order valence-corrected chi connectivity index (χ1v) is 7.65. The van der Waals surface area contributed by atoms with Crippen LogP contribution in [0.2, 0.25) is 0 Å². The molecule has 2 fully saturated rings. The lowest BCUT2D eigenvalue weighted by Gasteiger charge is -2.45. The molecular formula is C16H25N3. The van der Waals surface area contributed by atoms with Crippen molar-refractivity contribution in [2.24, 2.45) is 5.73 Å². The minimum absolute atomic E-state index is 0.736. The van der Waals surface area contributed by atoms with Crippen LogP contribution in [-0.4, -0.2) is 43.7 Å². The smallest absolute Gasteiger partial charge is 0.0367 e. The molecule has 2 N–H and O–H groups in total. The van der Waals surface area contributed by atoms with E-state index < -0.39 is 0 Å². The zero-order chi connectivity index (χ0) is 13.1. The average Bonchev–Trinajstić information content (AvgIpc) is 2.48. The number of rotatable bonds is 3. The molecule has 1 aromatic carbocycles. The molecule has 2 aliphatic heterocycles. The van der Waals surface area contributed by atoms with Gasteiger partial charge in [0.1, 0.15) is 0 Å². The third-order valence-electron chi connectivity index (χ3n) is 4.57. The van der Waals surface area contributed by atoms with E-state index in [1.807, 2.05) is 0 Å². The fourth-order valence-electron chi connectivity index (χ4n) is 3.43. The largest absolute Gasteiger partial charge is 0.369 e. The van der Waals surface area contributed by atoms with Gasteiger partial charge in [-0.15, -0.1) is 0 Å². The summed E-state index contributed by atoms with van der Waals surface area (Å²) < 4.78 is 0. The third kappa shape index (κ3) is 2.93. The Balaban J connectivity index is 1.65. The van der Waals surface area contributed by atoms with E-state index in [1.54, 1.807) is 0 Å². The zero-order valence-electron chi connectivity index (χ0n) is 11.7. The molecule has 0 radical (unpaired) electrons. The Labute approximate surface area is 116 Å². The normalized spacial score (nSPS) is 24.3. The highest BCUT2D eigenvalue weighted by molar-refractivity contribution is 5.48. The Bertz CT molecular complexity index is 401. The first kappa shape index (κ1) is 12.9. The van der Waals surface area contributed by atoms with E-state index in [9.17, 15) is 0 Å². The fraction of sp³-hybridized carbons (Fsp3) is 0.625. The number of nitrogens with zero attached hydrogens (tertiary/aromatic N) is 2. The molecule has 0 spiro atoms. The van der Waals surface area contributed by atoms with Crippen molar-refractivity contribution in [3.63, 3.8) is 0 Å². The molecular weight excluding hydrogens is 234 g/mol. The zero-order valence-corrected chi connectivity index (χ0v) is 11.7. The maximum atomic E-state index is 5.60. The van der Waals surface area contributed by atoms with Crippen LogP contribution in [0.5, 0.6) is 0 Å². The van der Waals surface area contributed by atoms with Gasteiger partial charge in [-0.25, -0.2) is 0 Å². The highest BCUT2D eigenvalue weighted by Gasteiger charge is 2.28. The van der Waals surface area contributed by atoms with E-state index in [0.29, 0.717) is 0 Å². The highest BCUT2D eigenvalue weighted by atomic mass is 15.3. The minimum atomic E-state index is 0.736. The summed E-state index contributed by atoms with van der Waals surface area (Å²) in [7, 11) is 0. The van der Waals surface area contributed by atoms with E-state index in [1.165, 1.54) is 56.7 Å². The summed E-state index contributed by atoms with van der Waals surface area (Å²) in [5.74, 6) is 0.